The van der Waals surface area contributed by atoms with Crippen molar-refractivity contribution in [1.29, 1.82) is 0 Å². The van der Waals surface area contributed by atoms with Gasteiger partial charge in [-0.25, -0.2) is 0 Å². The van der Waals surface area contributed by atoms with Crippen molar-refractivity contribution in [3.63, 3.8) is 0 Å². The molecule has 0 radical (unpaired) electrons. The molecule has 0 aromatic carbocycles. The fourth-order valence-corrected chi connectivity index (χ4v) is 2.67. The standard InChI is InChI=1S/C10H17ClO2/c11-8-10(3-1-4-13-10)6-9-2-5-12-7-9/h9H,1-8H2. The maximum Gasteiger partial charge on any atom is 0.0821 e. The highest BCUT2D eigenvalue weighted by atomic mass is 35.5. The Kier molecular flexibility index (Phi) is 3.12. The van der Waals surface area contributed by atoms with Crippen LogP contribution in [0.3, 0.4) is 0 Å². The molecule has 2 nitrogen and oxygen atoms in total. The van der Waals surface area contributed by atoms with E-state index in [4.69, 9.17) is 21.1 Å². The highest BCUT2D eigenvalue weighted by Crippen LogP contribution is 2.35. The Hall–Kier alpha value is 0.210. The van der Waals surface area contributed by atoms with Gasteiger partial charge >= 0.3 is 0 Å². The minimum Gasteiger partial charge on any atom is -0.381 e. The predicted molar refractivity (Wildman–Crippen MR) is 52.2 cm³/mol. The number of ether oxygens (including phenoxy) is 2. The maximum absolute atomic E-state index is 5.98. The Bertz CT molecular complexity index is 160. The lowest BCUT2D eigenvalue weighted by molar-refractivity contribution is 0.00207. The van der Waals surface area contributed by atoms with Crippen molar-refractivity contribution in [2.24, 2.45) is 5.92 Å². The summed E-state index contributed by atoms with van der Waals surface area (Å²) in [5.74, 6) is 1.32. The Labute approximate surface area is 84.5 Å². The second kappa shape index (κ2) is 4.16. The number of rotatable bonds is 3. The first-order valence-corrected chi connectivity index (χ1v) is 5.66. The molecular formula is C10H17ClO2. The number of alkyl halides is 1. The van der Waals surface area contributed by atoms with Crippen LogP contribution in [-0.2, 0) is 9.47 Å². The van der Waals surface area contributed by atoms with Gasteiger partial charge in [0.2, 0.25) is 0 Å². The van der Waals surface area contributed by atoms with E-state index in [0.29, 0.717) is 11.8 Å². The van der Waals surface area contributed by atoms with Crippen LogP contribution >= 0.6 is 11.6 Å². The summed E-state index contributed by atoms with van der Waals surface area (Å²) in [5, 5.41) is 0. The maximum atomic E-state index is 5.98. The van der Waals surface area contributed by atoms with Crippen LogP contribution in [0.5, 0.6) is 0 Å². The molecule has 0 saturated carbocycles. The Morgan fingerprint density at radius 2 is 2.31 bits per heavy atom. The molecule has 0 bridgehead atoms. The van der Waals surface area contributed by atoms with Crippen molar-refractivity contribution >= 4 is 11.6 Å². The molecule has 0 amide bonds. The highest BCUT2D eigenvalue weighted by molar-refractivity contribution is 6.18. The molecule has 2 atom stereocenters. The van der Waals surface area contributed by atoms with Gasteiger partial charge in [-0.3, -0.25) is 0 Å². The van der Waals surface area contributed by atoms with Gasteiger partial charge in [-0.1, -0.05) is 0 Å². The monoisotopic (exact) mass is 204 g/mol. The van der Waals surface area contributed by atoms with Crippen molar-refractivity contribution in [2.75, 3.05) is 25.7 Å². The van der Waals surface area contributed by atoms with E-state index in [1.54, 1.807) is 0 Å². The summed E-state index contributed by atoms with van der Waals surface area (Å²) >= 11 is 5.98. The van der Waals surface area contributed by atoms with Crippen molar-refractivity contribution in [2.45, 2.75) is 31.3 Å². The first kappa shape index (κ1) is 9.75. The zero-order chi connectivity index (χ0) is 9.15. The topological polar surface area (TPSA) is 18.5 Å². The van der Waals surface area contributed by atoms with Crippen LogP contribution in [0.15, 0.2) is 0 Å². The molecule has 13 heavy (non-hydrogen) atoms. The average molecular weight is 205 g/mol. The van der Waals surface area contributed by atoms with Crippen LogP contribution in [-0.4, -0.2) is 31.3 Å². The van der Waals surface area contributed by atoms with Crippen LogP contribution in [0, 0.1) is 5.92 Å². The van der Waals surface area contributed by atoms with Crippen molar-refractivity contribution in [3.8, 4) is 0 Å². The van der Waals surface area contributed by atoms with Gasteiger partial charge in [-0.15, -0.1) is 11.6 Å². The van der Waals surface area contributed by atoms with E-state index in [1.807, 2.05) is 0 Å². The van der Waals surface area contributed by atoms with Crippen LogP contribution in [0.4, 0.5) is 0 Å². The largest absolute Gasteiger partial charge is 0.381 e. The molecular weight excluding hydrogens is 188 g/mol. The van der Waals surface area contributed by atoms with Crippen molar-refractivity contribution < 1.29 is 9.47 Å². The molecule has 0 aromatic rings. The molecule has 2 unspecified atom stereocenters. The molecule has 2 saturated heterocycles. The predicted octanol–water partition coefficient (Wildman–Crippen LogP) is 2.20. The fraction of sp³-hybridized carbons (Fsp3) is 1.00. The molecule has 2 heterocycles. The van der Waals surface area contributed by atoms with Crippen molar-refractivity contribution in [1.82, 2.24) is 0 Å². The molecule has 2 rings (SSSR count). The van der Waals surface area contributed by atoms with Gasteiger partial charge in [-0.2, -0.15) is 0 Å². The summed E-state index contributed by atoms with van der Waals surface area (Å²) in [6.45, 7) is 2.71. The Balaban J connectivity index is 1.88. The quantitative estimate of drug-likeness (QED) is 0.657. The minimum absolute atomic E-state index is 0.0140. The zero-order valence-electron chi connectivity index (χ0n) is 7.93. The lowest BCUT2D eigenvalue weighted by atomic mass is 9.89. The van der Waals surface area contributed by atoms with Crippen LogP contribution < -0.4 is 0 Å². The van der Waals surface area contributed by atoms with E-state index in [0.717, 1.165) is 32.7 Å². The summed E-state index contributed by atoms with van der Waals surface area (Å²) in [7, 11) is 0. The summed E-state index contributed by atoms with van der Waals surface area (Å²) in [4.78, 5) is 0. The van der Waals surface area contributed by atoms with E-state index in [2.05, 4.69) is 0 Å². The van der Waals surface area contributed by atoms with Gasteiger partial charge < -0.3 is 9.47 Å². The Morgan fingerprint density at radius 1 is 1.38 bits per heavy atom. The zero-order valence-corrected chi connectivity index (χ0v) is 8.68. The molecule has 0 aromatic heterocycles. The van der Waals surface area contributed by atoms with Crippen molar-refractivity contribution in [3.05, 3.63) is 0 Å². The lowest BCUT2D eigenvalue weighted by Gasteiger charge is -2.28. The second-order valence-electron chi connectivity index (χ2n) is 4.20. The summed E-state index contributed by atoms with van der Waals surface area (Å²) < 4.78 is 11.1. The van der Waals surface area contributed by atoms with Crippen LogP contribution in [0.1, 0.15) is 25.7 Å². The highest BCUT2D eigenvalue weighted by Gasteiger charge is 2.37. The molecule has 2 aliphatic heterocycles. The third-order valence-electron chi connectivity index (χ3n) is 3.11. The molecule has 76 valence electrons. The van der Waals surface area contributed by atoms with Gasteiger partial charge in [0, 0.05) is 19.8 Å². The number of halogens is 1. The number of hydrogen-bond donors (Lipinski definition) is 0. The minimum atomic E-state index is -0.0140. The molecule has 0 aliphatic carbocycles. The molecule has 0 spiro atoms. The van der Waals surface area contributed by atoms with E-state index >= 15 is 0 Å². The molecule has 3 heteroatoms. The van der Waals surface area contributed by atoms with Gasteiger partial charge in [0.05, 0.1) is 11.5 Å². The summed E-state index contributed by atoms with van der Waals surface area (Å²) in [6.07, 6.45) is 4.58. The Morgan fingerprint density at radius 3 is 2.85 bits per heavy atom. The molecule has 2 fully saturated rings. The molecule has 2 aliphatic rings. The van der Waals surface area contributed by atoms with E-state index in [1.165, 1.54) is 12.8 Å². The van der Waals surface area contributed by atoms with Gasteiger partial charge in [-0.05, 0) is 31.6 Å². The SMILES string of the molecule is ClCC1(CC2CCOC2)CCCO1. The average Bonchev–Trinajstić information content (AvgIpc) is 2.77. The lowest BCUT2D eigenvalue weighted by Crippen LogP contribution is -2.33. The van der Waals surface area contributed by atoms with Crippen LogP contribution in [0.2, 0.25) is 0 Å². The first-order valence-electron chi connectivity index (χ1n) is 5.12. The fourth-order valence-electron chi connectivity index (χ4n) is 2.35. The van der Waals surface area contributed by atoms with E-state index in [9.17, 15) is 0 Å². The third-order valence-corrected chi connectivity index (χ3v) is 3.60. The summed E-state index contributed by atoms with van der Waals surface area (Å²) in [6, 6.07) is 0. The normalized spacial score (nSPS) is 39.9. The smallest absolute Gasteiger partial charge is 0.0821 e. The van der Waals surface area contributed by atoms with E-state index < -0.39 is 0 Å². The van der Waals surface area contributed by atoms with Gasteiger partial charge in [0.25, 0.3) is 0 Å². The third kappa shape index (κ3) is 2.17. The summed E-state index contributed by atoms with van der Waals surface area (Å²) in [5.41, 5.74) is -0.0140. The van der Waals surface area contributed by atoms with Crippen LogP contribution in [0.25, 0.3) is 0 Å². The van der Waals surface area contributed by atoms with Gasteiger partial charge in [0.1, 0.15) is 0 Å². The van der Waals surface area contributed by atoms with Gasteiger partial charge in [0.15, 0.2) is 0 Å². The molecule has 0 N–H and O–H groups in total. The first-order chi connectivity index (χ1) is 6.35. The van der Waals surface area contributed by atoms with E-state index in [-0.39, 0.29) is 5.60 Å². The second-order valence-corrected chi connectivity index (χ2v) is 4.47. The number of hydrogen-bond acceptors (Lipinski definition) is 2.